The maximum atomic E-state index is 13.0. The van der Waals surface area contributed by atoms with Crippen LogP contribution in [0.3, 0.4) is 0 Å². The molecule has 166 valence electrons. The van der Waals surface area contributed by atoms with Crippen LogP contribution in [-0.2, 0) is 0 Å². The zero-order chi connectivity index (χ0) is 22.5. The van der Waals surface area contributed by atoms with Gasteiger partial charge in [0.25, 0.3) is 5.91 Å². The van der Waals surface area contributed by atoms with Crippen molar-refractivity contribution in [2.24, 2.45) is 0 Å². The Hall–Kier alpha value is -3.81. The number of piperazine rings is 1. The number of aromatic nitrogens is 2. The molecule has 32 heavy (non-hydrogen) atoms. The van der Waals surface area contributed by atoms with Crippen LogP contribution < -0.4 is 19.1 Å². The van der Waals surface area contributed by atoms with Gasteiger partial charge in [0.15, 0.2) is 5.82 Å². The van der Waals surface area contributed by atoms with E-state index in [1.54, 1.807) is 39.5 Å². The maximum absolute atomic E-state index is 13.0. The van der Waals surface area contributed by atoms with Crippen LogP contribution in [0.2, 0.25) is 0 Å². The summed E-state index contributed by atoms with van der Waals surface area (Å²) in [4.78, 5) is 17.0. The molecule has 3 aromatic rings. The summed E-state index contributed by atoms with van der Waals surface area (Å²) in [6.07, 6.45) is 0. The van der Waals surface area contributed by atoms with E-state index in [1.165, 1.54) is 0 Å². The molecular weight excluding hydrogens is 408 g/mol. The number of anilines is 1. The summed E-state index contributed by atoms with van der Waals surface area (Å²) < 4.78 is 15.8. The van der Waals surface area contributed by atoms with E-state index < -0.39 is 0 Å². The van der Waals surface area contributed by atoms with Gasteiger partial charge in [-0.25, -0.2) is 0 Å². The predicted octanol–water partition coefficient (Wildman–Crippen LogP) is 3.13. The highest BCUT2D eigenvalue weighted by Gasteiger charge is 2.25. The third-order valence-corrected chi connectivity index (χ3v) is 5.57. The second kappa shape index (κ2) is 9.55. The summed E-state index contributed by atoms with van der Waals surface area (Å²) in [6.45, 7) is 2.55. The Bertz CT molecular complexity index is 1060. The van der Waals surface area contributed by atoms with Crippen molar-refractivity contribution < 1.29 is 19.0 Å². The molecule has 2 heterocycles. The van der Waals surface area contributed by atoms with Crippen LogP contribution in [0, 0.1) is 0 Å². The number of hydrogen-bond donors (Lipinski definition) is 0. The Labute approximate surface area is 187 Å². The molecule has 0 aliphatic carbocycles. The van der Waals surface area contributed by atoms with Gasteiger partial charge >= 0.3 is 0 Å². The first-order valence-electron chi connectivity index (χ1n) is 10.4. The lowest BCUT2D eigenvalue weighted by Gasteiger charge is -2.35. The zero-order valence-corrected chi connectivity index (χ0v) is 18.4. The molecule has 1 saturated heterocycles. The standard InChI is InChI=1S/C24H26N4O4/c1-30-18-6-4-17(5-7-18)21-10-11-23(26-25-21)27-12-14-28(15-13-27)24(29)20-9-8-19(31-2)16-22(20)32-3/h4-11,16H,12-15H2,1-3H3. The molecule has 0 radical (unpaired) electrons. The highest BCUT2D eigenvalue weighted by atomic mass is 16.5. The number of ether oxygens (including phenoxy) is 3. The Balaban J connectivity index is 1.39. The highest BCUT2D eigenvalue weighted by Crippen LogP contribution is 2.27. The van der Waals surface area contributed by atoms with Crippen LogP contribution in [-0.4, -0.2) is 68.5 Å². The maximum Gasteiger partial charge on any atom is 0.257 e. The number of carbonyl (C=O) groups excluding carboxylic acids is 1. The van der Waals surface area contributed by atoms with Crippen molar-refractivity contribution in [3.63, 3.8) is 0 Å². The molecule has 1 aliphatic heterocycles. The Morgan fingerprint density at radius 2 is 1.47 bits per heavy atom. The lowest BCUT2D eigenvalue weighted by molar-refractivity contribution is 0.0743. The fourth-order valence-electron chi connectivity index (χ4n) is 3.69. The number of amides is 1. The first-order valence-corrected chi connectivity index (χ1v) is 10.4. The zero-order valence-electron chi connectivity index (χ0n) is 18.4. The normalized spacial score (nSPS) is 13.6. The smallest absolute Gasteiger partial charge is 0.257 e. The van der Waals surface area contributed by atoms with E-state index in [1.807, 2.05) is 41.3 Å². The number of rotatable bonds is 6. The Morgan fingerprint density at radius 1 is 0.781 bits per heavy atom. The van der Waals surface area contributed by atoms with Crippen LogP contribution in [0.5, 0.6) is 17.2 Å². The number of benzene rings is 2. The Kier molecular flexibility index (Phi) is 6.39. The SMILES string of the molecule is COc1ccc(-c2ccc(N3CCN(C(=O)c4ccc(OC)cc4OC)CC3)nn2)cc1. The summed E-state index contributed by atoms with van der Waals surface area (Å²) in [5.41, 5.74) is 2.32. The van der Waals surface area contributed by atoms with Crippen LogP contribution in [0.4, 0.5) is 5.82 Å². The Morgan fingerprint density at radius 3 is 2.06 bits per heavy atom. The lowest BCUT2D eigenvalue weighted by atomic mass is 10.1. The van der Waals surface area contributed by atoms with Crippen LogP contribution in [0.25, 0.3) is 11.3 Å². The molecule has 0 bridgehead atoms. The molecule has 0 saturated carbocycles. The molecule has 0 N–H and O–H groups in total. The van der Waals surface area contributed by atoms with Gasteiger partial charge in [-0.15, -0.1) is 10.2 Å². The van der Waals surface area contributed by atoms with Crippen LogP contribution >= 0.6 is 0 Å². The van der Waals surface area contributed by atoms with E-state index in [9.17, 15) is 4.79 Å². The summed E-state index contributed by atoms with van der Waals surface area (Å²) >= 11 is 0. The largest absolute Gasteiger partial charge is 0.497 e. The van der Waals surface area contributed by atoms with E-state index >= 15 is 0 Å². The summed E-state index contributed by atoms with van der Waals surface area (Å²) in [5.74, 6) is 2.72. The van der Waals surface area contributed by atoms with E-state index in [4.69, 9.17) is 14.2 Å². The average Bonchev–Trinajstić information content (AvgIpc) is 2.88. The number of hydrogen-bond acceptors (Lipinski definition) is 7. The van der Waals surface area contributed by atoms with E-state index in [0.29, 0.717) is 43.2 Å². The van der Waals surface area contributed by atoms with Gasteiger partial charge in [-0.3, -0.25) is 4.79 Å². The van der Waals surface area contributed by atoms with Crippen molar-refractivity contribution in [3.8, 4) is 28.5 Å². The molecule has 1 amide bonds. The molecule has 8 heteroatoms. The van der Waals surface area contributed by atoms with Crippen molar-refractivity contribution in [1.29, 1.82) is 0 Å². The summed E-state index contributed by atoms with van der Waals surface area (Å²) in [5, 5.41) is 8.78. The van der Waals surface area contributed by atoms with Gasteiger partial charge in [0.2, 0.25) is 0 Å². The third-order valence-electron chi connectivity index (χ3n) is 5.57. The molecule has 1 aromatic heterocycles. The lowest BCUT2D eigenvalue weighted by Crippen LogP contribution is -2.49. The second-order valence-corrected chi connectivity index (χ2v) is 7.35. The van der Waals surface area contributed by atoms with Gasteiger partial charge in [-0.2, -0.15) is 0 Å². The molecule has 1 aliphatic rings. The second-order valence-electron chi connectivity index (χ2n) is 7.35. The van der Waals surface area contributed by atoms with Gasteiger partial charge in [-0.05, 0) is 48.5 Å². The fourth-order valence-corrected chi connectivity index (χ4v) is 3.69. The predicted molar refractivity (Wildman–Crippen MR) is 122 cm³/mol. The van der Waals surface area contributed by atoms with Gasteiger partial charge in [0.05, 0.1) is 32.6 Å². The molecule has 2 aromatic carbocycles. The molecule has 8 nitrogen and oxygen atoms in total. The van der Waals surface area contributed by atoms with Crippen LogP contribution in [0.1, 0.15) is 10.4 Å². The highest BCUT2D eigenvalue weighted by molar-refractivity contribution is 5.97. The quantitative estimate of drug-likeness (QED) is 0.590. The van der Waals surface area contributed by atoms with E-state index in [-0.39, 0.29) is 5.91 Å². The number of nitrogens with zero attached hydrogens (tertiary/aromatic N) is 4. The van der Waals surface area contributed by atoms with Crippen molar-refractivity contribution >= 4 is 11.7 Å². The summed E-state index contributed by atoms with van der Waals surface area (Å²) in [6, 6.07) is 16.9. The average molecular weight is 434 g/mol. The minimum Gasteiger partial charge on any atom is -0.497 e. The van der Waals surface area contributed by atoms with E-state index in [0.717, 1.165) is 22.8 Å². The molecule has 0 atom stereocenters. The minimum absolute atomic E-state index is 0.0508. The number of methoxy groups -OCH3 is 3. The molecule has 0 spiro atoms. The van der Waals surface area contributed by atoms with E-state index in [2.05, 4.69) is 15.1 Å². The van der Waals surface area contributed by atoms with Gasteiger partial charge < -0.3 is 24.0 Å². The fraction of sp³-hybridized carbons (Fsp3) is 0.292. The number of carbonyl (C=O) groups is 1. The minimum atomic E-state index is -0.0508. The van der Waals surface area contributed by atoms with Gasteiger partial charge in [0.1, 0.15) is 17.2 Å². The van der Waals surface area contributed by atoms with Crippen molar-refractivity contribution in [1.82, 2.24) is 15.1 Å². The van der Waals surface area contributed by atoms with Crippen molar-refractivity contribution in [2.75, 3.05) is 52.4 Å². The molecule has 1 fully saturated rings. The summed E-state index contributed by atoms with van der Waals surface area (Å²) in [7, 11) is 4.78. The topological polar surface area (TPSA) is 77.0 Å². The monoisotopic (exact) mass is 434 g/mol. The third kappa shape index (κ3) is 4.44. The van der Waals surface area contributed by atoms with Crippen molar-refractivity contribution in [2.45, 2.75) is 0 Å². The molecular formula is C24H26N4O4. The van der Waals surface area contributed by atoms with Crippen molar-refractivity contribution in [3.05, 3.63) is 60.2 Å². The first kappa shape index (κ1) is 21.4. The molecule has 4 rings (SSSR count). The first-order chi connectivity index (χ1) is 15.6. The molecule has 0 unspecified atom stereocenters. The van der Waals surface area contributed by atoms with Gasteiger partial charge in [0, 0.05) is 37.8 Å². The van der Waals surface area contributed by atoms with Crippen LogP contribution in [0.15, 0.2) is 54.6 Å². The van der Waals surface area contributed by atoms with Gasteiger partial charge in [-0.1, -0.05) is 0 Å².